The molecule has 0 bridgehead atoms. The zero-order chi connectivity index (χ0) is 19.0. The van der Waals surface area contributed by atoms with Crippen molar-refractivity contribution >= 4 is 17.7 Å². The third kappa shape index (κ3) is 4.11. The van der Waals surface area contributed by atoms with Crippen LogP contribution in [0, 0.1) is 5.92 Å². The molecule has 4 fully saturated rings. The van der Waals surface area contributed by atoms with E-state index in [1.54, 1.807) is 0 Å². The van der Waals surface area contributed by atoms with Crippen molar-refractivity contribution in [1.82, 2.24) is 20.4 Å². The third-order valence-electron chi connectivity index (χ3n) is 6.29. The Bertz CT molecular complexity index is 603. The van der Waals surface area contributed by atoms with E-state index >= 15 is 0 Å². The summed E-state index contributed by atoms with van der Waals surface area (Å²) in [6.07, 6.45) is 4.55. The Labute approximate surface area is 160 Å². The number of ether oxygens (including phenoxy) is 1. The van der Waals surface area contributed by atoms with Gasteiger partial charge in [-0.1, -0.05) is 0 Å². The number of nitrogens with one attached hydrogen (secondary N) is 2. The van der Waals surface area contributed by atoms with Crippen LogP contribution < -0.4 is 10.6 Å². The summed E-state index contributed by atoms with van der Waals surface area (Å²) in [6, 6.07) is 0.149. The molecule has 1 aliphatic carbocycles. The number of nitrogens with zero attached hydrogens (tertiary/aromatic N) is 2. The van der Waals surface area contributed by atoms with Gasteiger partial charge in [0.05, 0.1) is 0 Å². The number of piperazine rings is 1. The maximum atomic E-state index is 13.3. The first kappa shape index (κ1) is 18.7. The van der Waals surface area contributed by atoms with Gasteiger partial charge in [-0.05, 0) is 32.1 Å². The summed E-state index contributed by atoms with van der Waals surface area (Å²) in [5.74, 6) is 0.252. The van der Waals surface area contributed by atoms with Gasteiger partial charge in [-0.3, -0.25) is 19.3 Å². The van der Waals surface area contributed by atoms with Gasteiger partial charge in [0.15, 0.2) is 0 Å². The Morgan fingerprint density at radius 1 is 1.11 bits per heavy atom. The summed E-state index contributed by atoms with van der Waals surface area (Å²) in [5, 5.41) is 5.97. The van der Waals surface area contributed by atoms with Gasteiger partial charge in [0.25, 0.3) is 0 Å². The Morgan fingerprint density at radius 3 is 2.52 bits per heavy atom. The van der Waals surface area contributed by atoms with Gasteiger partial charge in [-0.15, -0.1) is 0 Å². The fraction of sp³-hybridized carbons (Fsp3) is 0.842. The van der Waals surface area contributed by atoms with Gasteiger partial charge in [0, 0.05) is 63.8 Å². The van der Waals surface area contributed by atoms with Crippen molar-refractivity contribution < 1.29 is 19.1 Å². The Hall–Kier alpha value is -1.67. The molecule has 4 rings (SSSR count). The smallest absolute Gasteiger partial charge is 0.242 e. The number of amides is 3. The molecular formula is C19H30N4O4. The van der Waals surface area contributed by atoms with Crippen LogP contribution in [0.1, 0.15) is 39.0 Å². The molecule has 4 aliphatic rings. The molecule has 0 aromatic heterocycles. The maximum Gasteiger partial charge on any atom is 0.242 e. The van der Waals surface area contributed by atoms with Crippen LogP contribution in [-0.2, 0) is 19.1 Å². The molecule has 150 valence electrons. The molecule has 0 spiro atoms. The van der Waals surface area contributed by atoms with Gasteiger partial charge in [0.2, 0.25) is 17.7 Å². The van der Waals surface area contributed by atoms with Crippen molar-refractivity contribution in [3.05, 3.63) is 0 Å². The monoisotopic (exact) mass is 378 g/mol. The first-order valence-electron chi connectivity index (χ1n) is 10.2. The summed E-state index contributed by atoms with van der Waals surface area (Å²) < 4.78 is 5.50. The van der Waals surface area contributed by atoms with E-state index in [1.807, 2.05) is 4.90 Å². The van der Waals surface area contributed by atoms with Crippen LogP contribution in [0.25, 0.3) is 0 Å². The highest BCUT2D eigenvalue weighted by Crippen LogP contribution is 2.31. The van der Waals surface area contributed by atoms with E-state index in [1.165, 1.54) is 6.92 Å². The molecule has 3 heterocycles. The van der Waals surface area contributed by atoms with Crippen LogP contribution in [0.5, 0.6) is 0 Å². The molecule has 0 aromatic rings. The highest BCUT2D eigenvalue weighted by molar-refractivity contribution is 5.86. The maximum absolute atomic E-state index is 13.3. The average Bonchev–Trinajstić information content (AvgIpc) is 3.42. The molecular weight excluding hydrogens is 348 g/mol. The van der Waals surface area contributed by atoms with Crippen LogP contribution in [0.4, 0.5) is 0 Å². The average molecular weight is 378 g/mol. The molecule has 8 heteroatoms. The predicted octanol–water partition coefficient (Wildman–Crippen LogP) is -0.519. The number of carbonyl (C=O) groups excluding carboxylic acids is 3. The second-order valence-corrected chi connectivity index (χ2v) is 8.35. The van der Waals surface area contributed by atoms with Gasteiger partial charge >= 0.3 is 0 Å². The number of hydrogen-bond acceptors (Lipinski definition) is 5. The lowest BCUT2D eigenvalue weighted by Crippen LogP contribution is -2.65. The Morgan fingerprint density at radius 2 is 1.85 bits per heavy atom. The summed E-state index contributed by atoms with van der Waals surface area (Å²) in [5.41, 5.74) is 0. The highest BCUT2D eigenvalue weighted by Gasteiger charge is 2.47. The molecule has 3 amide bonds. The number of rotatable bonds is 5. The van der Waals surface area contributed by atoms with E-state index in [0.717, 1.165) is 51.9 Å². The molecule has 27 heavy (non-hydrogen) atoms. The minimum Gasteiger partial charge on any atom is -0.381 e. The number of hydrogen-bond donors (Lipinski definition) is 2. The fourth-order valence-corrected chi connectivity index (χ4v) is 4.77. The molecule has 2 N–H and O–H groups in total. The van der Waals surface area contributed by atoms with E-state index < -0.39 is 0 Å². The van der Waals surface area contributed by atoms with Gasteiger partial charge in [-0.2, -0.15) is 0 Å². The number of carbonyl (C=O) groups is 3. The molecule has 0 aromatic carbocycles. The molecule has 3 atom stereocenters. The van der Waals surface area contributed by atoms with Crippen LogP contribution in [0.15, 0.2) is 0 Å². The van der Waals surface area contributed by atoms with E-state index in [9.17, 15) is 14.4 Å². The summed E-state index contributed by atoms with van der Waals surface area (Å²) in [7, 11) is 0. The second-order valence-electron chi connectivity index (χ2n) is 8.35. The molecule has 8 nitrogen and oxygen atoms in total. The molecule has 3 aliphatic heterocycles. The third-order valence-corrected chi connectivity index (χ3v) is 6.29. The largest absolute Gasteiger partial charge is 0.381 e. The van der Waals surface area contributed by atoms with Crippen LogP contribution in [0.3, 0.4) is 0 Å². The zero-order valence-electron chi connectivity index (χ0n) is 16.0. The quantitative estimate of drug-likeness (QED) is 0.672. The summed E-state index contributed by atoms with van der Waals surface area (Å²) in [4.78, 5) is 41.0. The topological polar surface area (TPSA) is 91.0 Å². The lowest BCUT2D eigenvalue weighted by atomic mass is 9.98. The van der Waals surface area contributed by atoms with Crippen LogP contribution in [0.2, 0.25) is 0 Å². The molecule has 0 unspecified atom stereocenters. The number of fused-ring (bicyclic) bond motifs is 1. The predicted molar refractivity (Wildman–Crippen MR) is 97.8 cm³/mol. The van der Waals surface area contributed by atoms with Gasteiger partial charge < -0.3 is 20.3 Å². The first-order valence-corrected chi connectivity index (χ1v) is 10.2. The van der Waals surface area contributed by atoms with Crippen molar-refractivity contribution in [2.45, 2.75) is 63.2 Å². The summed E-state index contributed by atoms with van der Waals surface area (Å²) >= 11 is 0. The normalized spacial score (nSPS) is 32.3. The van der Waals surface area contributed by atoms with E-state index in [4.69, 9.17) is 4.74 Å². The lowest BCUT2D eigenvalue weighted by Gasteiger charge is -2.47. The van der Waals surface area contributed by atoms with Crippen molar-refractivity contribution in [2.24, 2.45) is 5.92 Å². The standard InChI is InChI=1S/C19H30N4O4/c1-12(24)21-14-8-16-11-22(15-4-6-27-7-5-15)17(19(26)23(16)10-14)9-20-18(25)13-2-3-13/h13-17H,2-11H2,1H3,(H,20,25)(H,21,24)/t14-,16-,17-/m0/s1. The highest BCUT2D eigenvalue weighted by atomic mass is 16.5. The van der Waals surface area contributed by atoms with Crippen molar-refractivity contribution in [3.8, 4) is 0 Å². The second kappa shape index (κ2) is 7.75. The Balaban J connectivity index is 1.47. The molecule has 1 saturated carbocycles. The van der Waals surface area contributed by atoms with E-state index in [-0.39, 0.29) is 41.8 Å². The van der Waals surface area contributed by atoms with Gasteiger partial charge in [-0.25, -0.2) is 0 Å². The van der Waals surface area contributed by atoms with E-state index in [0.29, 0.717) is 19.1 Å². The van der Waals surface area contributed by atoms with Crippen LogP contribution >= 0.6 is 0 Å². The summed E-state index contributed by atoms with van der Waals surface area (Å²) in [6.45, 7) is 4.70. The van der Waals surface area contributed by atoms with E-state index in [2.05, 4.69) is 15.5 Å². The minimum absolute atomic E-state index is 0.0211. The SMILES string of the molecule is CC(=O)N[C@H]1C[C@H]2CN(C3CCOCC3)[C@@H](CNC(=O)C3CC3)C(=O)N2C1. The minimum atomic E-state index is -0.317. The molecule has 0 radical (unpaired) electrons. The molecule has 3 saturated heterocycles. The van der Waals surface area contributed by atoms with Crippen LogP contribution in [-0.4, -0.2) is 84.5 Å². The van der Waals surface area contributed by atoms with Crippen molar-refractivity contribution in [3.63, 3.8) is 0 Å². The lowest BCUT2D eigenvalue weighted by molar-refractivity contribution is -0.147. The first-order chi connectivity index (χ1) is 13.0. The zero-order valence-corrected chi connectivity index (χ0v) is 16.0. The van der Waals surface area contributed by atoms with Crippen molar-refractivity contribution in [1.29, 1.82) is 0 Å². The van der Waals surface area contributed by atoms with Crippen molar-refractivity contribution in [2.75, 3.05) is 32.8 Å². The fourth-order valence-electron chi connectivity index (χ4n) is 4.77. The van der Waals surface area contributed by atoms with Gasteiger partial charge in [0.1, 0.15) is 6.04 Å². The Kier molecular flexibility index (Phi) is 5.36.